The second-order valence-corrected chi connectivity index (χ2v) is 8.18. The molecule has 0 spiro atoms. The molecule has 1 amide bonds. The largest absolute Gasteiger partial charge is 0.497 e. The van der Waals surface area contributed by atoms with Gasteiger partial charge in [-0.3, -0.25) is 4.79 Å². The summed E-state index contributed by atoms with van der Waals surface area (Å²) in [6, 6.07) is 11.0. The molecule has 3 aromatic rings. The van der Waals surface area contributed by atoms with E-state index in [0.29, 0.717) is 21.7 Å². The van der Waals surface area contributed by atoms with E-state index in [0.717, 1.165) is 17.0 Å². The van der Waals surface area contributed by atoms with Gasteiger partial charge in [0.05, 0.1) is 24.8 Å². The van der Waals surface area contributed by atoms with Crippen molar-refractivity contribution in [2.45, 2.75) is 16.8 Å². The van der Waals surface area contributed by atoms with Crippen molar-refractivity contribution in [3.8, 4) is 5.75 Å². The van der Waals surface area contributed by atoms with Gasteiger partial charge >= 0.3 is 0 Å². The van der Waals surface area contributed by atoms with E-state index < -0.39 is 0 Å². The SMILES string of the molecule is COc1ccc(C2=NN(C(=O)CSc3nnc(N)s3)[C@@H](c3ccco3)C2)cc1. The second-order valence-electron chi connectivity index (χ2n) is 5.94. The monoisotopic (exact) mass is 415 g/mol. The minimum absolute atomic E-state index is 0.135. The van der Waals surface area contributed by atoms with E-state index in [9.17, 15) is 4.79 Å². The first-order valence-corrected chi connectivity index (χ1v) is 10.2. The fourth-order valence-electron chi connectivity index (χ4n) is 2.87. The smallest absolute Gasteiger partial charge is 0.253 e. The quantitative estimate of drug-likeness (QED) is 0.616. The fraction of sp³-hybridized carbons (Fsp3) is 0.222. The summed E-state index contributed by atoms with van der Waals surface area (Å²) in [4.78, 5) is 12.9. The number of amides is 1. The highest BCUT2D eigenvalue weighted by Crippen LogP contribution is 2.34. The molecule has 8 nitrogen and oxygen atoms in total. The zero-order valence-electron chi connectivity index (χ0n) is 14.9. The topological polar surface area (TPSA) is 107 Å². The molecule has 1 aliphatic rings. The summed E-state index contributed by atoms with van der Waals surface area (Å²) < 4.78 is 11.4. The Bertz CT molecular complexity index is 985. The van der Waals surface area contributed by atoms with Gasteiger partial charge in [0.2, 0.25) is 5.13 Å². The number of furan rings is 1. The fourth-order valence-corrected chi connectivity index (χ4v) is 4.36. The number of nitrogens with two attached hydrogens (primary N) is 1. The van der Waals surface area contributed by atoms with Crippen LogP contribution in [-0.2, 0) is 4.79 Å². The lowest BCUT2D eigenvalue weighted by Gasteiger charge is -2.19. The Labute approximate surface area is 169 Å². The maximum Gasteiger partial charge on any atom is 0.253 e. The molecule has 10 heteroatoms. The molecule has 28 heavy (non-hydrogen) atoms. The molecule has 0 fully saturated rings. The first kappa shape index (κ1) is 18.5. The van der Waals surface area contributed by atoms with Crippen LogP contribution in [0.25, 0.3) is 0 Å². The molecule has 0 saturated heterocycles. The van der Waals surface area contributed by atoms with Crippen LogP contribution in [0.4, 0.5) is 5.13 Å². The van der Waals surface area contributed by atoms with Gasteiger partial charge in [-0.15, -0.1) is 10.2 Å². The van der Waals surface area contributed by atoms with Gasteiger partial charge in [-0.25, -0.2) is 5.01 Å². The molecule has 0 bridgehead atoms. The van der Waals surface area contributed by atoms with Gasteiger partial charge in [0.1, 0.15) is 17.6 Å². The molecule has 3 heterocycles. The van der Waals surface area contributed by atoms with Crippen LogP contribution in [0.5, 0.6) is 5.75 Å². The molecule has 1 aromatic carbocycles. The van der Waals surface area contributed by atoms with Gasteiger partial charge in [-0.05, 0) is 42.0 Å². The standard InChI is InChI=1S/C18H17N5O3S2/c1-25-12-6-4-11(5-7-12)13-9-14(15-3-2-8-26-15)23(22-13)16(24)10-27-18-21-20-17(19)28-18/h2-8,14H,9-10H2,1H3,(H2,19,20)/t14-/m1/s1. The van der Waals surface area contributed by atoms with E-state index in [1.165, 1.54) is 28.1 Å². The third-order valence-electron chi connectivity index (χ3n) is 4.20. The average Bonchev–Trinajstić information content (AvgIpc) is 3.46. The number of benzene rings is 1. The Morgan fingerprint density at radius 3 is 2.82 bits per heavy atom. The number of ether oxygens (including phenoxy) is 1. The highest BCUT2D eigenvalue weighted by molar-refractivity contribution is 8.01. The summed E-state index contributed by atoms with van der Waals surface area (Å²) >= 11 is 2.55. The molecule has 2 aromatic heterocycles. The van der Waals surface area contributed by atoms with Crippen molar-refractivity contribution in [2.24, 2.45) is 5.10 Å². The molecule has 1 atom stereocenters. The summed E-state index contributed by atoms with van der Waals surface area (Å²) in [5.74, 6) is 1.52. The normalized spacial score (nSPS) is 16.2. The molecule has 0 saturated carbocycles. The summed E-state index contributed by atoms with van der Waals surface area (Å²) in [6.45, 7) is 0. The highest BCUT2D eigenvalue weighted by Gasteiger charge is 2.34. The van der Waals surface area contributed by atoms with Gasteiger partial charge in [0.25, 0.3) is 5.91 Å². The second kappa shape index (κ2) is 8.03. The average molecular weight is 416 g/mol. The van der Waals surface area contributed by atoms with Crippen molar-refractivity contribution in [3.63, 3.8) is 0 Å². The van der Waals surface area contributed by atoms with Crippen LogP contribution in [0.15, 0.2) is 56.5 Å². The molecular formula is C18H17N5O3S2. The van der Waals surface area contributed by atoms with Crippen molar-refractivity contribution < 1.29 is 13.9 Å². The van der Waals surface area contributed by atoms with Crippen molar-refractivity contribution >= 4 is 39.8 Å². The zero-order chi connectivity index (χ0) is 19.5. The molecule has 1 aliphatic heterocycles. The minimum atomic E-state index is -0.278. The number of nitrogens with zero attached hydrogens (tertiary/aromatic N) is 4. The number of aromatic nitrogens is 2. The molecular weight excluding hydrogens is 398 g/mol. The minimum Gasteiger partial charge on any atom is -0.497 e. The van der Waals surface area contributed by atoms with E-state index in [2.05, 4.69) is 15.3 Å². The van der Waals surface area contributed by atoms with Crippen LogP contribution in [0.2, 0.25) is 0 Å². The number of nitrogen functional groups attached to an aromatic ring is 1. The Kier molecular flexibility index (Phi) is 5.31. The van der Waals surface area contributed by atoms with Crippen LogP contribution in [0.1, 0.15) is 23.8 Å². The van der Waals surface area contributed by atoms with E-state index >= 15 is 0 Å². The third-order valence-corrected chi connectivity index (χ3v) is 6.07. The number of hydrazone groups is 1. The van der Waals surface area contributed by atoms with Crippen molar-refractivity contribution in [1.82, 2.24) is 15.2 Å². The third kappa shape index (κ3) is 3.87. The zero-order valence-corrected chi connectivity index (χ0v) is 16.6. The van der Waals surface area contributed by atoms with Gasteiger partial charge in [-0.2, -0.15) is 5.10 Å². The summed E-state index contributed by atoms with van der Waals surface area (Å²) in [5.41, 5.74) is 7.35. The van der Waals surface area contributed by atoms with Crippen LogP contribution < -0.4 is 10.5 Å². The Balaban J connectivity index is 1.55. The number of thioether (sulfide) groups is 1. The van der Waals surface area contributed by atoms with E-state index in [4.69, 9.17) is 14.9 Å². The van der Waals surface area contributed by atoms with Gasteiger partial charge in [-0.1, -0.05) is 23.1 Å². The van der Waals surface area contributed by atoms with Gasteiger partial charge < -0.3 is 14.9 Å². The number of hydrogen-bond donors (Lipinski definition) is 1. The first-order valence-electron chi connectivity index (χ1n) is 8.43. The maximum absolute atomic E-state index is 12.9. The van der Waals surface area contributed by atoms with Crippen LogP contribution in [-0.4, -0.2) is 39.7 Å². The number of carbonyl (C=O) groups excluding carboxylic acids is 1. The Hall–Kier alpha value is -2.85. The summed E-state index contributed by atoms with van der Waals surface area (Å²) in [7, 11) is 1.62. The highest BCUT2D eigenvalue weighted by atomic mass is 32.2. The van der Waals surface area contributed by atoms with Crippen molar-refractivity contribution in [2.75, 3.05) is 18.6 Å². The number of methoxy groups -OCH3 is 1. The maximum atomic E-state index is 12.9. The van der Waals surface area contributed by atoms with E-state index in [1.807, 2.05) is 36.4 Å². The van der Waals surface area contributed by atoms with Crippen molar-refractivity contribution in [3.05, 3.63) is 54.0 Å². The number of hydrogen-bond acceptors (Lipinski definition) is 9. The van der Waals surface area contributed by atoms with Gasteiger partial charge in [0.15, 0.2) is 4.34 Å². The Morgan fingerprint density at radius 2 is 2.18 bits per heavy atom. The number of carbonyl (C=O) groups is 1. The molecule has 0 radical (unpaired) electrons. The van der Waals surface area contributed by atoms with Crippen LogP contribution in [0, 0.1) is 0 Å². The molecule has 4 rings (SSSR count). The number of rotatable bonds is 6. The summed E-state index contributed by atoms with van der Waals surface area (Å²) in [6.07, 6.45) is 2.17. The lowest BCUT2D eigenvalue weighted by Crippen LogP contribution is -2.28. The molecule has 0 unspecified atom stereocenters. The Morgan fingerprint density at radius 1 is 1.36 bits per heavy atom. The lowest BCUT2D eigenvalue weighted by atomic mass is 10.0. The lowest BCUT2D eigenvalue weighted by molar-refractivity contribution is -0.130. The van der Waals surface area contributed by atoms with Gasteiger partial charge in [0, 0.05) is 6.42 Å². The van der Waals surface area contributed by atoms with Crippen molar-refractivity contribution in [1.29, 1.82) is 0 Å². The molecule has 144 valence electrons. The predicted octanol–water partition coefficient (Wildman–Crippen LogP) is 3.19. The van der Waals surface area contributed by atoms with Crippen LogP contribution in [0.3, 0.4) is 0 Å². The number of anilines is 1. The molecule has 0 aliphatic carbocycles. The predicted molar refractivity (Wildman–Crippen MR) is 107 cm³/mol. The molecule has 2 N–H and O–H groups in total. The summed E-state index contributed by atoms with van der Waals surface area (Å²) in [5, 5.41) is 14.2. The van der Waals surface area contributed by atoms with E-state index in [1.54, 1.807) is 13.4 Å². The first-order chi connectivity index (χ1) is 13.6. The van der Waals surface area contributed by atoms with E-state index in [-0.39, 0.29) is 17.7 Å². The van der Waals surface area contributed by atoms with Crippen LogP contribution >= 0.6 is 23.1 Å².